The van der Waals surface area contributed by atoms with Gasteiger partial charge in [-0.1, -0.05) is 18.2 Å². The Morgan fingerprint density at radius 3 is 1.15 bits per heavy atom. The minimum atomic E-state index is -1.67. The van der Waals surface area contributed by atoms with Gasteiger partial charge in [0.25, 0.3) is 5.91 Å². The number of hydrogen-bond donors (Lipinski definition) is 14. The Balaban J connectivity index is 0.000000372. The van der Waals surface area contributed by atoms with Crippen LogP contribution in [0.1, 0.15) is 78.2 Å². The maximum absolute atomic E-state index is 12.4. The maximum atomic E-state index is 12.4. The number of likely N-dealkylation sites (N-methyl/N-ethyl adjacent to an activating group) is 3. The summed E-state index contributed by atoms with van der Waals surface area (Å²) in [6, 6.07) is 47.3. The average Bonchev–Trinajstić information content (AvgIpc) is 1.75. The Bertz CT molecular complexity index is 4580. The number of aromatic hydroxyl groups is 4. The van der Waals surface area contributed by atoms with Crippen molar-refractivity contribution in [3.05, 3.63) is 198 Å². The number of anilines is 5. The molecule has 8 aromatic rings. The zero-order valence-electron chi connectivity index (χ0n) is 65.7. The van der Waals surface area contributed by atoms with Crippen molar-refractivity contribution in [1.29, 1.82) is 0 Å². The third kappa shape index (κ3) is 34.4. The van der Waals surface area contributed by atoms with Crippen LogP contribution >= 0.6 is 33.1 Å². The van der Waals surface area contributed by atoms with Gasteiger partial charge in [0.05, 0.1) is 57.5 Å². The number of nitrogen functional groups attached to an aromatic ring is 1. The number of amides is 4. The van der Waals surface area contributed by atoms with Gasteiger partial charge in [-0.25, -0.2) is 23.6 Å². The van der Waals surface area contributed by atoms with Crippen molar-refractivity contribution in [3.63, 3.8) is 0 Å². The number of nitrogens with two attached hydrogens (primary N) is 1. The number of phenolic OH excluding ortho intramolecular Hbond substituents is 2. The van der Waals surface area contributed by atoms with E-state index in [0.29, 0.717) is 65.0 Å². The van der Waals surface area contributed by atoms with Crippen molar-refractivity contribution in [3.8, 4) is 23.0 Å². The number of aliphatic imine (C=N–C) groups is 1. The normalized spacial score (nSPS) is 13.4. The first-order chi connectivity index (χ1) is 54.4. The van der Waals surface area contributed by atoms with Gasteiger partial charge >= 0.3 is 11.9 Å². The van der Waals surface area contributed by atoms with E-state index in [1.165, 1.54) is 80.2 Å². The molecule has 0 saturated heterocycles. The van der Waals surface area contributed by atoms with Crippen LogP contribution in [0.15, 0.2) is 212 Å². The summed E-state index contributed by atoms with van der Waals surface area (Å²) in [5.41, 5.74) is 13.3. The second kappa shape index (κ2) is 50.1. The van der Waals surface area contributed by atoms with Crippen molar-refractivity contribution >= 4 is 146 Å². The van der Waals surface area contributed by atoms with Crippen LogP contribution in [-0.4, -0.2) is 199 Å². The average molecular weight is 1670 g/mol. The van der Waals surface area contributed by atoms with Gasteiger partial charge in [-0.3, -0.25) is 19.2 Å². The highest BCUT2D eigenvalue weighted by Crippen LogP contribution is 2.32. The van der Waals surface area contributed by atoms with Gasteiger partial charge in [0, 0.05) is 150 Å². The van der Waals surface area contributed by atoms with E-state index in [1.807, 2.05) is 169 Å². The molecule has 33 nitrogen and oxygen atoms in total. The van der Waals surface area contributed by atoms with Crippen molar-refractivity contribution < 1.29 is 78.6 Å². The molecular formula is C78H98Cl3N17O16S. The number of carbonyl (C=O) groups excluding carboxylic acids is 4. The van der Waals surface area contributed by atoms with Crippen LogP contribution < -0.4 is 51.4 Å². The van der Waals surface area contributed by atoms with E-state index in [9.17, 15) is 49.2 Å². The lowest BCUT2D eigenvalue weighted by Gasteiger charge is -2.20. The summed E-state index contributed by atoms with van der Waals surface area (Å²) in [5, 5.41) is 110. The fourth-order valence-corrected chi connectivity index (χ4v) is 9.57. The van der Waals surface area contributed by atoms with Crippen LogP contribution in [0, 0.1) is 0 Å². The number of aliphatic hydroxyl groups excluding tert-OH is 2. The fraction of sp³-hybridized carbons (Fsp3) is 0.295. The lowest BCUT2D eigenvalue weighted by molar-refractivity contribution is -0.125. The van der Waals surface area contributed by atoms with E-state index in [-0.39, 0.29) is 57.4 Å². The first kappa shape index (κ1) is 97.1. The van der Waals surface area contributed by atoms with Gasteiger partial charge in [-0.15, -0.1) is 0 Å². The summed E-state index contributed by atoms with van der Waals surface area (Å²) in [4.78, 5) is 83.2. The maximum Gasteiger partial charge on any atom is 0.339 e. The first-order valence-corrected chi connectivity index (χ1v) is 38.2. The molecule has 0 radical (unpaired) electrons. The number of azo groups is 3. The SMILES string of the molecule is CCNC(=O)[C@@H](NC(=O)c1ccc(N=Nc2ccc(N(C)C)cc2)cc1O)[C@@H](C)O.CCNC(=O)[C@@H](NCl)[C@@H](C)O.CCNC(=O)[C@H]1N=C(c2ccc(N=Nc3ccc(N(C)C)cc3)cc2O)O[C@H]1C.CN(C)c1ccc(N=Nc2ccc(C(=O)O)c(O)c2)cc1.CN(C)c1ccccc1.Nc1ccc(C(=O)O)c(O)c1.O=S(Cl)Cl. The molecule has 0 aromatic heterocycles. The zero-order chi connectivity index (χ0) is 86.2. The highest BCUT2D eigenvalue weighted by atomic mass is 36.0. The number of hydrogen-bond acceptors (Lipinski definition) is 27. The number of phenols is 4. The number of carboxylic acid groups (broad SMARTS) is 2. The van der Waals surface area contributed by atoms with Gasteiger partial charge < -0.3 is 92.2 Å². The number of halogens is 3. The molecule has 8 aromatic carbocycles. The monoisotopic (exact) mass is 1670 g/mol. The van der Waals surface area contributed by atoms with E-state index in [1.54, 1.807) is 32.9 Å². The zero-order valence-corrected chi connectivity index (χ0v) is 68.8. The van der Waals surface area contributed by atoms with Crippen molar-refractivity contribution in [2.75, 3.05) is 101 Å². The molecule has 6 atom stereocenters. The molecule has 115 heavy (non-hydrogen) atoms. The molecule has 0 aliphatic carbocycles. The van der Waals surface area contributed by atoms with Gasteiger partial charge in [-0.05, 0) is 187 Å². The molecule has 1 aliphatic rings. The fourth-order valence-electron chi connectivity index (χ4n) is 9.29. The molecule has 0 fully saturated rings. The highest BCUT2D eigenvalue weighted by molar-refractivity contribution is 8.26. The van der Waals surface area contributed by atoms with E-state index in [0.717, 1.165) is 17.1 Å². The number of carboxylic acids is 2. The molecule has 1 heterocycles. The lowest BCUT2D eigenvalue weighted by Crippen LogP contribution is -2.52. The topological polar surface area (TPSA) is 476 Å². The summed E-state index contributed by atoms with van der Waals surface area (Å²) in [5.74, 6) is -4.78. The summed E-state index contributed by atoms with van der Waals surface area (Å²) in [7, 11) is 23.2. The van der Waals surface area contributed by atoms with Crippen LogP contribution in [0.5, 0.6) is 23.0 Å². The summed E-state index contributed by atoms with van der Waals surface area (Å²) in [6.07, 6.45) is -2.30. The molecule has 0 saturated carbocycles. The van der Waals surface area contributed by atoms with E-state index in [4.69, 9.17) is 46.9 Å². The van der Waals surface area contributed by atoms with E-state index >= 15 is 0 Å². The molecule has 618 valence electrons. The Morgan fingerprint density at radius 1 is 0.487 bits per heavy atom. The van der Waals surface area contributed by atoms with Crippen LogP contribution in [-0.2, 0) is 28.3 Å². The quantitative estimate of drug-likeness (QED) is 0.0116. The number of aliphatic hydroxyl groups is 2. The number of para-hydroxylation sites is 1. The minimum Gasteiger partial charge on any atom is -0.507 e. The Labute approximate surface area is 683 Å². The number of nitrogens with zero attached hydrogens (tertiary/aromatic N) is 11. The second-order valence-corrected chi connectivity index (χ2v) is 27.9. The summed E-state index contributed by atoms with van der Waals surface area (Å²) >= 11 is 5.22. The largest absolute Gasteiger partial charge is 0.507 e. The number of carbonyl (C=O) groups is 6. The molecule has 4 amide bonds. The van der Waals surface area contributed by atoms with Gasteiger partial charge in [0.1, 0.15) is 52.3 Å². The van der Waals surface area contributed by atoms with Crippen molar-refractivity contribution in [1.82, 2.24) is 26.1 Å². The van der Waals surface area contributed by atoms with Crippen molar-refractivity contribution in [2.45, 2.75) is 78.0 Å². The number of benzene rings is 8. The number of rotatable bonds is 24. The summed E-state index contributed by atoms with van der Waals surface area (Å²) < 4.78 is 14.8. The van der Waals surface area contributed by atoms with Gasteiger partial charge in [-0.2, -0.15) is 30.7 Å². The molecule has 0 spiro atoms. The predicted octanol–water partition coefficient (Wildman–Crippen LogP) is 12.7. The molecular weight excluding hydrogens is 1570 g/mol. The molecule has 15 N–H and O–H groups in total. The lowest BCUT2D eigenvalue weighted by atomic mass is 10.1. The van der Waals surface area contributed by atoms with Crippen molar-refractivity contribution in [2.24, 2.45) is 35.7 Å². The van der Waals surface area contributed by atoms with Crippen LogP contribution in [0.2, 0.25) is 0 Å². The number of ether oxygens (including phenoxy) is 1. The molecule has 1 aliphatic heterocycles. The Morgan fingerprint density at radius 2 is 0.817 bits per heavy atom. The number of aromatic carboxylic acids is 2. The minimum absolute atomic E-state index is 0.0353. The molecule has 37 heteroatoms. The predicted molar refractivity (Wildman–Crippen MR) is 451 cm³/mol. The van der Waals surface area contributed by atoms with Gasteiger partial charge in [0.2, 0.25) is 32.8 Å². The van der Waals surface area contributed by atoms with E-state index in [2.05, 4.69) is 100 Å². The highest BCUT2D eigenvalue weighted by Gasteiger charge is 2.34. The van der Waals surface area contributed by atoms with Crippen LogP contribution in [0.4, 0.5) is 62.6 Å². The van der Waals surface area contributed by atoms with Crippen LogP contribution in [0.3, 0.4) is 0 Å². The van der Waals surface area contributed by atoms with Gasteiger partial charge in [0.15, 0.2) is 6.04 Å². The standard InChI is InChI=1S/C21H27N5O4.C21H25N5O3.C15H15N3O3.C8H11N.C7H7NO3.C6H13ClN2O2.Cl2OS/c1-5-22-21(30)19(13(2)27)23-20(29)17-11-8-15(12-18(17)28)25-24-14-6-9-16(10-7-14)26(3)4;1-5-22-20(28)19-13(2)29-21(23-19)17-11-8-15(12-18(17)27)25-24-14-6-9-16(10-7-14)26(3)4;1-18(2)12-6-3-10(4-7-12)16-17-11-5-8-13(15(20)21)14(19)9-11;1-9(2)8-6-4-3-5-7-8;8-4-1-2-5(7(10)11)6(9)3-4;1-3-8-6(11)5(9-7)4(2)10;1-4(2)3/h6-13,19,27-28H,5H2,1-4H3,(H,22,30)(H,23,29);6-13,19,27H,5H2,1-4H3,(H,22,28);3-9,19H,1-2H3,(H,20,21);3-7H,1-2H3;1-3,9H,8H2,(H,10,11);4-5,9-10H,3H2,1-2H3,(H,8,11);/t13-,19+;13-,19-;;;;4-,5+;/m10...1./s1. The number of nitrogens with one attached hydrogen (secondary N) is 5. The molecule has 0 unspecified atom stereocenters. The third-order valence-corrected chi connectivity index (χ3v) is 15.6. The molecule has 0 bridgehead atoms. The Hall–Kier alpha value is -12.1. The first-order valence-electron chi connectivity index (χ1n) is 35.1. The molecule has 9 rings (SSSR count). The smallest absolute Gasteiger partial charge is 0.339 e. The second-order valence-electron chi connectivity index (χ2n) is 25.1. The Kier molecular flexibility index (Phi) is 42.4. The van der Waals surface area contributed by atoms with E-state index < -0.39 is 69.4 Å². The third-order valence-electron chi connectivity index (χ3n) is 15.4. The van der Waals surface area contributed by atoms with Crippen LogP contribution in [0.25, 0.3) is 0 Å². The summed E-state index contributed by atoms with van der Waals surface area (Å²) in [6.45, 7) is 11.5.